The maximum atomic E-state index is 12.3. The first-order chi connectivity index (χ1) is 10.7. The van der Waals surface area contributed by atoms with E-state index in [2.05, 4.69) is 44.4 Å². The number of aryl methyl sites for hydroxylation is 1. The average molecular weight is 359 g/mol. The van der Waals surface area contributed by atoms with E-state index in [0.717, 1.165) is 30.5 Å². The first-order valence-electron chi connectivity index (χ1n) is 7.38. The Morgan fingerprint density at radius 1 is 1.27 bits per heavy atom. The number of furan rings is 1. The molecule has 0 aliphatic heterocycles. The molecule has 1 aromatic carbocycles. The summed E-state index contributed by atoms with van der Waals surface area (Å²) in [5.74, 6) is 0.150. The van der Waals surface area contributed by atoms with Gasteiger partial charge in [-0.15, -0.1) is 0 Å². The topological polar surface area (TPSA) is 58.0 Å². The Bertz CT molecular complexity index is 849. The van der Waals surface area contributed by atoms with Crippen LogP contribution in [0.3, 0.4) is 0 Å². The Morgan fingerprint density at radius 2 is 2.14 bits per heavy atom. The van der Waals surface area contributed by atoms with Crippen molar-refractivity contribution in [2.24, 2.45) is 0 Å². The van der Waals surface area contributed by atoms with Crippen molar-refractivity contribution in [3.63, 3.8) is 0 Å². The van der Waals surface area contributed by atoms with Gasteiger partial charge >= 0.3 is 0 Å². The first kappa shape index (κ1) is 13.6. The molecule has 1 aliphatic rings. The van der Waals surface area contributed by atoms with E-state index < -0.39 is 0 Å². The summed E-state index contributed by atoms with van der Waals surface area (Å²) < 4.78 is 5.89. The summed E-state index contributed by atoms with van der Waals surface area (Å²) in [6.45, 7) is 0. The van der Waals surface area contributed by atoms with E-state index in [1.807, 2.05) is 6.07 Å². The van der Waals surface area contributed by atoms with Gasteiger partial charge in [0.1, 0.15) is 0 Å². The van der Waals surface area contributed by atoms with Gasteiger partial charge in [0.25, 0.3) is 5.91 Å². The SMILES string of the molecule is O=C(N[C@@H]1CCCc2c1[nH]c1ccccc21)c1ccc(Br)o1. The van der Waals surface area contributed by atoms with Gasteiger partial charge in [-0.25, -0.2) is 0 Å². The molecule has 0 bridgehead atoms. The monoisotopic (exact) mass is 358 g/mol. The van der Waals surface area contributed by atoms with Crippen molar-refractivity contribution in [3.8, 4) is 0 Å². The number of H-pyrrole nitrogens is 1. The van der Waals surface area contributed by atoms with Crippen LogP contribution >= 0.6 is 15.9 Å². The highest BCUT2D eigenvalue weighted by atomic mass is 79.9. The van der Waals surface area contributed by atoms with Crippen molar-refractivity contribution < 1.29 is 9.21 Å². The molecule has 1 amide bonds. The second-order valence-corrected chi connectivity index (χ2v) is 6.37. The number of fused-ring (bicyclic) bond motifs is 3. The lowest BCUT2D eigenvalue weighted by atomic mass is 9.91. The average Bonchev–Trinajstić information content (AvgIpc) is 3.12. The third-order valence-corrected chi connectivity index (χ3v) is 4.64. The van der Waals surface area contributed by atoms with Gasteiger partial charge in [-0.3, -0.25) is 4.79 Å². The quantitative estimate of drug-likeness (QED) is 0.716. The molecule has 5 heteroatoms. The fourth-order valence-electron chi connectivity index (χ4n) is 3.22. The molecule has 4 rings (SSSR count). The van der Waals surface area contributed by atoms with Crippen molar-refractivity contribution in [2.75, 3.05) is 0 Å². The molecule has 0 spiro atoms. The van der Waals surface area contributed by atoms with E-state index in [0.29, 0.717) is 10.4 Å². The number of hydrogen-bond acceptors (Lipinski definition) is 2. The fraction of sp³-hybridized carbons (Fsp3) is 0.235. The van der Waals surface area contributed by atoms with Crippen LogP contribution in [0.15, 0.2) is 45.5 Å². The van der Waals surface area contributed by atoms with E-state index in [1.54, 1.807) is 12.1 Å². The molecule has 2 aromatic heterocycles. The summed E-state index contributed by atoms with van der Waals surface area (Å²) in [5.41, 5.74) is 3.59. The van der Waals surface area contributed by atoms with E-state index in [-0.39, 0.29) is 11.9 Å². The molecule has 0 saturated heterocycles. The van der Waals surface area contributed by atoms with Gasteiger partial charge < -0.3 is 14.7 Å². The summed E-state index contributed by atoms with van der Waals surface area (Å²) >= 11 is 3.22. The van der Waals surface area contributed by atoms with E-state index in [1.165, 1.54) is 10.9 Å². The van der Waals surface area contributed by atoms with Gasteiger partial charge in [-0.05, 0) is 59.0 Å². The standard InChI is InChI=1S/C17H15BrN2O2/c18-15-9-8-14(22-15)17(21)20-13-7-3-5-11-10-4-1-2-6-12(10)19-16(11)13/h1-2,4,6,8-9,13,19H,3,5,7H2,(H,20,21)/t13-/m1/s1. The minimum Gasteiger partial charge on any atom is -0.444 e. The van der Waals surface area contributed by atoms with Crippen LogP contribution in [0.1, 0.15) is 40.7 Å². The zero-order valence-corrected chi connectivity index (χ0v) is 13.4. The maximum Gasteiger partial charge on any atom is 0.287 e. The van der Waals surface area contributed by atoms with Gasteiger partial charge in [0, 0.05) is 16.6 Å². The highest BCUT2D eigenvalue weighted by Crippen LogP contribution is 2.34. The molecule has 1 atom stereocenters. The van der Waals surface area contributed by atoms with Crippen LogP contribution in [0.4, 0.5) is 0 Å². The fourth-order valence-corrected chi connectivity index (χ4v) is 3.53. The number of rotatable bonds is 2. The molecule has 0 saturated carbocycles. The molecule has 0 radical (unpaired) electrons. The second-order valence-electron chi connectivity index (χ2n) is 5.58. The van der Waals surface area contributed by atoms with Crippen LogP contribution in [0, 0.1) is 0 Å². The minimum absolute atomic E-state index is 0.00697. The van der Waals surface area contributed by atoms with E-state index in [9.17, 15) is 4.79 Å². The van der Waals surface area contributed by atoms with Crippen LogP contribution in [0.25, 0.3) is 10.9 Å². The number of aromatic nitrogens is 1. The van der Waals surface area contributed by atoms with Crippen molar-refractivity contribution in [2.45, 2.75) is 25.3 Å². The lowest BCUT2D eigenvalue weighted by Gasteiger charge is -2.23. The minimum atomic E-state index is -0.179. The largest absolute Gasteiger partial charge is 0.444 e. The molecule has 2 heterocycles. The highest BCUT2D eigenvalue weighted by molar-refractivity contribution is 9.10. The molecule has 22 heavy (non-hydrogen) atoms. The van der Waals surface area contributed by atoms with E-state index >= 15 is 0 Å². The predicted octanol–water partition coefficient (Wildman–Crippen LogP) is 4.33. The summed E-state index contributed by atoms with van der Waals surface area (Å²) in [6, 6.07) is 11.7. The number of amides is 1. The third kappa shape index (κ3) is 2.25. The Balaban J connectivity index is 1.66. The number of carbonyl (C=O) groups is 1. The number of halogens is 1. The number of hydrogen-bond donors (Lipinski definition) is 2. The number of nitrogens with one attached hydrogen (secondary N) is 2. The zero-order valence-electron chi connectivity index (χ0n) is 11.9. The molecular formula is C17H15BrN2O2. The molecule has 0 unspecified atom stereocenters. The number of aromatic amines is 1. The second kappa shape index (κ2) is 5.32. The lowest BCUT2D eigenvalue weighted by molar-refractivity contribution is 0.0902. The van der Waals surface area contributed by atoms with Crippen LogP contribution in [0.2, 0.25) is 0 Å². The summed E-state index contributed by atoms with van der Waals surface area (Å²) in [6.07, 6.45) is 3.06. The highest BCUT2D eigenvalue weighted by Gasteiger charge is 2.26. The van der Waals surface area contributed by atoms with Gasteiger partial charge in [-0.2, -0.15) is 0 Å². The number of carbonyl (C=O) groups excluding carboxylic acids is 1. The van der Waals surface area contributed by atoms with Crippen LogP contribution < -0.4 is 5.32 Å². The van der Waals surface area contributed by atoms with Crippen LogP contribution in [-0.4, -0.2) is 10.9 Å². The molecule has 4 nitrogen and oxygen atoms in total. The van der Waals surface area contributed by atoms with Crippen LogP contribution in [0.5, 0.6) is 0 Å². The number of benzene rings is 1. The third-order valence-electron chi connectivity index (χ3n) is 4.22. The lowest BCUT2D eigenvalue weighted by Crippen LogP contribution is -2.30. The summed E-state index contributed by atoms with van der Waals surface area (Å²) in [4.78, 5) is 15.8. The Labute approximate surface area is 136 Å². The number of para-hydroxylation sites is 1. The molecule has 2 N–H and O–H groups in total. The molecule has 0 fully saturated rings. The van der Waals surface area contributed by atoms with Crippen molar-refractivity contribution in [1.29, 1.82) is 0 Å². The smallest absolute Gasteiger partial charge is 0.287 e. The van der Waals surface area contributed by atoms with Gasteiger partial charge in [0.05, 0.1) is 6.04 Å². The maximum absolute atomic E-state index is 12.3. The Kier molecular flexibility index (Phi) is 3.30. The summed E-state index contributed by atoms with van der Waals surface area (Å²) in [7, 11) is 0. The van der Waals surface area contributed by atoms with Crippen molar-refractivity contribution in [3.05, 3.63) is 58.1 Å². The molecule has 112 valence electrons. The Hall–Kier alpha value is -2.01. The normalized spacial score (nSPS) is 17.4. The van der Waals surface area contributed by atoms with E-state index in [4.69, 9.17) is 4.42 Å². The predicted molar refractivity (Wildman–Crippen MR) is 87.9 cm³/mol. The Morgan fingerprint density at radius 3 is 2.95 bits per heavy atom. The van der Waals surface area contributed by atoms with Crippen LogP contribution in [-0.2, 0) is 6.42 Å². The zero-order chi connectivity index (χ0) is 15.1. The van der Waals surface area contributed by atoms with Gasteiger partial charge in [0.2, 0.25) is 0 Å². The van der Waals surface area contributed by atoms with Crippen molar-refractivity contribution in [1.82, 2.24) is 10.3 Å². The molecule has 3 aromatic rings. The summed E-state index contributed by atoms with van der Waals surface area (Å²) in [5, 5.41) is 4.34. The van der Waals surface area contributed by atoms with Crippen molar-refractivity contribution >= 4 is 32.7 Å². The van der Waals surface area contributed by atoms with Gasteiger partial charge in [-0.1, -0.05) is 18.2 Å². The molecular weight excluding hydrogens is 344 g/mol. The van der Waals surface area contributed by atoms with Gasteiger partial charge in [0.15, 0.2) is 10.4 Å². The first-order valence-corrected chi connectivity index (χ1v) is 8.17. The molecule has 1 aliphatic carbocycles.